The van der Waals surface area contributed by atoms with Gasteiger partial charge in [-0.25, -0.2) is 4.79 Å². The Morgan fingerprint density at radius 2 is 1.93 bits per heavy atom. The zero-order chi connectivity index (χ0) is 20.7. The Labute approximate surface area is 176 Å². The third-order valence-corrected chi connectivity index (χ3v) is 7.37. The molecule has 3 atom stereocenters. The maximum absolute atomic E-state index is 13.1. The molecule has 1 aromatic rings. The molecule has 29 heavy (non-hydrogen) atoms. The fraction of sp³-hybridized carbons (Fsp3) is 0.708. The lowest BCUT2D eigenvalue weighted by Gasteiger charge is -2.60. The molecular formula is C24H34BNO3. The normalized spacial score (nSPS) is 33.1. The summed E-state index contributed by atoms with van der Waals surface area (Å²) >= 11 is 0. The second-order valence-electron chi connectivity index (χ2n) is 10.7. The third-order valence-electron chi connectivity index (χ3n) is 7.37. The van der Waals surface area contributed by atoms with Crippen LogP contribution >= 0.6 is 0 Å². The van der Waals surface area contributed by atoms with Crippen molar-refractivity contribution >= 4 is 13.9 Å². The summed E-state index contributed by atoms with van der Waals surface area (Å²) in [5.41, 5.74) is 1.01. The van der Waals surface area contributed by atoms with Crippen molar-refractivity contribution in [2.24, 2.45) is 17.3 Å². The van der Waals surface area contributed by atoms with Crippen LogP contribution in [-0.4, -0.2) is 44.1 Å². The molecule has 1 amide bonds. The zero-order valence-corrected chi connectivity index (χ0v) is 18.2. The minimum absolute atomic E-state index is 0.156. The van der Waals surface area contributed by atoms with Crippen LogP contribution < -0.4 is 0 Å². The monoisotopic (exact) mass is 395 g/mol. The van der Waals surface area contributed by atoms with Gasteiger partial charge in [-0.05, 0) is 42.1 Å². The molecule has 4 nitrogen and oxygen atoms in total. The summed E-state index contributed by atoms with van der Waals surface area (Å²) in [4.78, 5) is 15.1. The van der Waals surface area contributed by atoms with Crippen LogP contribution in [0.25, 0.3) is 0 Å². The fourth-order valence-electron chi connectivity index (χ4n) is 6.31. The van der Waals surface area contributed by atoms with Crippen LogP contribution in [-0.2, 0) is 16.1 Å². The Morgan fingerprint density at radius 1 is 1.21 bits per heavy atom. The van der Waals surface area contributed by atoms with Gasteiger partial charge in [-0.3, -0.25) is 4.90 Å². The van der Waals surface area contributed by atoms with Crippen LogP contribution in [0, 0.1) is 17.3 Å². The van der Waals surface area contributed by atoms with Crippen molar-refractivity contribution in [3.63, 3.8) is 0 Å². The molecule has 1 spiro atoms. The lowest BCUT2D eigenvalue weighted by Crippen LogP contribution is -2.72. The number of amides is 1. The summed E-state index contributed by atoms with van der Waals surface area (Å²) in [6, 6.07) is 9.88. The summed E-state index contributed by atoms with van der Waals surface area (Å²) < 4.78 is 11.4. The van der Waals surface area contributed by atoms with E-state index in [1.807, 2.05) is 35.2 Å². The fourth-order valence-corrected chi connectivity index (χ4v) is 6.31. The summed E-state index contributed by atoms with van der Waals surface area (Å²) in [6.07, 6.45) is 5.10. The Morgan fingerprint density at radius 3 is 2.59 bits per heavy atom. The van der Waals surface area contributed by atoms with Gasteiger partial charge in [-0.1, -0.05) is 69.3 Å². The van der Waals surface area contributed by atoms with Gasteiger partial charge in [0.05, 0.1) is 26.6 Å². The van der Waals surface area contributed by atoms with Gasteiger partial charge in [0, 0.05) is 6.54 Å². The molecular weight excluding hydrogens is 361 g/mol. The van der Waals surface area contributed by atoms with Crippen molar-refractivity contribution in [2.45, 2.75) is 70.3 Å². The predicted octanol–water partition coefficient (Wildman–Crippen LogP) is 4.98. The number of benzene rings is 1. The molecule has 2 saturated heterocycles. The third kappa shape index (κ3) is 4.21. The van der Waals surface area contributed by atoms with Gasteiger partial charge in [0.15, 0.2) is 0 Å². The topological polar surface area (TPSA) is 38.8 Å². The summed E-state index contributed by atoms with van der Waals surface area (Å²) in [5.74, 6) is 1.04. The van der Waals surface area contributed by atoms with Crippen LogP contribution in [0.2, 0.25) is 5.31 Å². The van der Waals surface area contributed by atoms with E-state index >= 15 is 0 Å². The molecule has 3 fully saturated rings. The standard InChI is InChI=1S/C24H34BNO3/c1-22(2)13-19-10-12-26(21(27)29-14-18-7-5-4-6-8-18)24(16-28-17-24)20(19)9-11-23(3,25)15-22/h4-8,19-20H,9-17H2,1-3H3. The number of carbonyl (C=O) groups excluding carboxylic acids is 1. The van der Waals surface area contributed by atoms with E-state index in [1.165, 1.54) is 6.42 Å². The summed E-state index contributed by atoms with van der Waals surface area (Å²) in [7, 11) is 6.66. The Hall–Kier alpha value is -1.49. The minimum atomic E-state index is -0.222. The van der Waals surface area contributed by atoms with E-state index in [4.69, 9.17) is 17.3 Å². The lowest BCUT2D eigenvalue weighted by atomic mass is 9.52. The van der Waals surface area contributed by atoms with Crippen LogP contribution in [0.15, 0.2) is 30.3 Å². The number of hydrogen-bond acceptors (Lipinski definition) is 3. The minimum Gasteiger partial charge on any atom is -0.445 e. The second-order valence-corrected chi connectivity index (χ2v) is 10.7. The predicted molar refractivity (Wildman–Crippen MR) is 115 cm³/mol. The lowest BCUT2D eigenvalue weighted by molar-refractivity contribution is -0.193. The van der Waals surface area contributed by atoms with E-state index in [-0.39, 0.29) is 22.4 Å². The Balaban J connectivity index is 1.52. The van der Waals surface area contributed by atoms with Crippen LogP contribution in [0.4, 0.5) is 4.79 Å². The van der Waals surface area contributed by atoms with Gasteiger partial charge in [-0.15, -0.1) is 0 Å². The van der Waals surface area contributed by atoms with Gasteiger partial charge in [-0.2, -0.15) is 0 Å². The largest absolute Gasteiger partial charge is 0.445 e. The highest BCUT2D eigenvalue weighted by molar-refractivity contribution is 6.14. The first kappa shape index (κ1) is 20.8. The molecule has 5 heteroatoms. The number of likely N-dealkylation sites (tertiary alicyclic amines) is 1. The molecule has 3 aliphatic rings. The zero-order valence-electron chi connectivity index (χ0n) is 18.2. The number of rotatable bonds is 2. The van der Waals surface area contributed by atoms with Gasteiger partial charge >= 0.3 is 6.09 Å². The number of fused-ring (bicyclic) bond motifs is 2. The first-order valence-electron chi connectivity index (χ1n) is 11.1. The number of carbonyl (C=O) groups is 1. The van der Waals surface area contributed by atoms with Gasteiger partial charge in [0.1, 0.15) is 6.61 Å². The van der Waals surface area contributed by atoms with E-state index in [9.17, 15) is 4.79 Å². The van der Waals surface area contributed by atoms with E-state index in [2.05, 4.69) is 20.8 Å². The molecule has 2 radical (unpaired) electrons. The molecule has 1 aromatic carbocycles. The summed E-state index contributed by atoms with van der Waals surface area (Å²) in [5, 5.41) is -0.156. The van der Waals surface area contributed by atoms with Crippen molar-refractivity contribution in [1.82, 2.24) is 4.90 Å². The maximum Gasteiger partial charge on any atom is 0.410 e. The average Bonchev–Trinajstić information content (AvgIpc) is 2.62. The molecule has 156 valence electrons. The maximum atomic E-state index is 13.1. The molecule has 0 bridgehead atoms. The van der Waals surface area contributed by atoms with Crippen molar-refractivity contribution < 1.29 is 14.3 Å². The SMILES string of the molecule is [B]C1(C)CCC2C(CCN(C(=O)OCc3ccccc3)C23COC3)CC(C)(C)C1. The molecule has 4 rings (SSSR count). The average molecular weight is 395 g/mol. The van der Waals surface area contributed by atoms with E-state index < -0.39 is 0 Å². The number of hydrogen-bond donors (Lipinski definition) is 0. The van der Waals surface area contributed by atoms with Crippen molar-refractivity contribution in [1.29, 1.82) is 0 Å². The number of piperidine rings is 1. The van der Waals surface area contributed by atoms with Crippen molar-refractivity contribution in [3.8, 4) is 0 Å². The van der Waals surface area contributed by atoms with E-state index in [0.29, 0.717) is 31.7 Å². The molecule has 2 aliphatic heterocycles. The van der Waals surface area contributed by atoms with Gasteiger partial charge < -0.3 is 9.47 Å². The second kappa shape index (κ2) is 7.65. The highest BCUT2D eigenvalue weighted by Gasteiger charge is 2.58. The number of ether oxygens (including phenoxy) is 2. The number of nitrogens with zero attached hydrogens (tertiary/aromatic N) is 1. The van der Waals surface area contributed by atoms with Gasteiger partial charge in [0.25, 0.3) is 0 Å². The Bertz CT molecular complexity index is 729. The highest BCUT2D eigenvalue weighted by Crippen LogP contribution is 2.55. The molecule has 0 aromatic heterocycles. The first-order chi connectivity index (χ1) is 13.7. The quantitative estimate of drug-likeness (QED) is 0.663. The van der Waals surface area contributed by atoms with Crippen LogP contribution in [0.3, 0.4) is 0 Å². The molecule has 0 N–H and O–H groups in total. The van der Waals surface area contributed by atoms with Crippen molar-refractivity contribution in [2.75, 3.05) is 19.8 Å². The smallest absolute Gasteiger partial charge is 0.410 e. The van der Waals surface area contributed by atoms with Crippen molar-refractivity contribution in [3.05, 3.63) is 35.9 Å². The molecule has 3 unspecified atom stereocenters. The first-order valence-corrected chi connectivity index (χ1v) is 11.1. The highest BCUT2D eigenvalue weighted by atomic mass is 16.6. The molecule has 2 heterocycles. The molecule has 1 saturated carbocycles. The summed E-state index contributed by atoms with van der Waals surface area (Å²) in [6.45, 7) is 9.21. The van der Waals surface area contributed by atoms with Gasteiger partial charge in [0.2, 0.25) is 0 Å². The van der Waals surface area contributed by atoms with Crippen LogP contribution in [0.1, 0.15) is 58.4 Å². The van der Waals surface area contributed by atoms with E-state index in [1.54, 1.807) is 0 Å². The van der Waals surface area contributed by atoms with E-state index in [0.717, 1.165) is 37.8 Å². The molecule has 1 aliphatic carbocycles. The van der Waals surface area contributed by atoms with Crippen LogP contribution in [0.5, 0.6) is 0 Å². The Kier molecular flexibility index (Phi) is 5.48.